The molecule has 32 heavy (non-hydrogen) atoms. The third kappa shape index (κ3) is 4.13. The molecule has 0 bridgehead atoms. The van der Waals surface area contributed by atoms with Gasteiger partial charge in [-0.1, -0.05) is 5.16 Å². The van der Waals surface area contributed by atoms with Crippen LogP contribution in [0.2, 0.25) is 0 Å². The number of aromatic nitrogens is 6. The van der Waals surface area contributed by atoms with E-state index in [2.05, 4.69) is 15.4 Å². The molecule has 1 atom stereocenters. The van der Waals surface area contributed by atoms with Gasteiger partial charge in [0.1, 0.15) is 11.6 Å². The molecule has 4 heterocycles. The van der Waals surface area contributed by atoms with E-state index in [1.54, 1.807) is 9.47 Å². The van der Waals surface area contributed by atoms with E-state index in [9.17, 15) is 9.59 Å². The molecule has 0 spiro atoms. The molecule has 1 aliphatic rings. The summed E-state index contributed by atoms with van der Waals surface area (Å²) in [6, 6.07) is 0. The maximum Gasteiger partial charge on any atom is 0.346 e. The summed E-state index contributed by atoms with van der Waals surface area (Å²) in [5, 5.41) is 13.0. The second-order valence-corrected chi connectivity index (χ2v) is 8.62. The fraction of sp³-hybridized carbons (Fsp3) is 0.591. The van der Waals surface area contributed by atoms with Gasteiger partial charge in [0.2, 0.25) is 5.91 Å². The first-order valence-corrected chi connectivity index (χ1v) is 11.1. The van der Waals surface area contributed by atoms with Crippen LogP contribution < -0.4 is 5.69 Å². The summed E-state index contributed by atoms with van der Waals surface area (Å²) < 4.78 is 10.3. The minimum atomic E-state index is -0.149. The molecule has 4 rings (SSSR count). The molecule has 0 fully saturated rings. The van der Waals surface area contributed by atoms with Gasteiger partial charge in [-0.2, -0.15) is 10.2 Å². The first-order valence-electron chi connectivity index (χ1n) is 11.1. The summed E-state index contributed by atoms with van der Waals surface area (Å²) in [7, 11) is 1.84. The van der Waals surface area contributed by atoms with Crippen LogP contribution >= 0.6 is 0 Å². The normalized spacial score (nSPS) is 16.1. The molecule has 1 aliphatic heterocycles. The number of aryl methyl sites for hydroxylation is 5. The van der Waals surface area contributed by atoms with E-state index in [-0.39, 0.29) is 17.5 Å². The highest BCUT2D eigenvalue weighted by Crippen LogP contribution is 2.22. The second-order valence-electron chi connectivity index (χ2n) is 8.62. The van der Waals surface area contributed by atoms with Crippen LogP contribution in [0.1, 0.15) is 53.9 Å². The van der Waals surface area contributed by atoms with E-state index >= 15 is 0 Å². The summed E-state index contributed by atoms with van der Waals surface area (Å²) in [5.74, 6) is 1.42. The summed E-state index contributed by atoms with van der Waals surface area (Å²) in [6.07, 6.45) is 3.91. The fourth-order valence-corrected chi connectivity index (χ4v) is 4.38. The summed E-state index contributed by atoms with van der Waals surface area (Å²) in [6.45, 7) is 9.89. The van der Waals surface area contributed by atoms with Crippen molar-refractivity contribution >= 4 is 5.91 Å². The van der Waals surface area contributed by atoms with Crippen molar-refractivity contribution < 1.29 is 9.32 Å². The van der Waals surface area contributed by atoms with E-state index < -0.39 is 0 Å². The third-order valence-corrected chi connectivity index (χ3v) is 6.41. The molecular weight excluding hydrogens is 410 g/mol. The lowest BCUT2D eigenvalue weighted by atomic mass is 9.98. The zero-order valence-corrected chi connectivity index (χ0v) is 19.5. The van der Waals surface area contributed by atoms with Crippen LogP contribution in [0.15, 0.2) is 15.5 Å². The van der Waals surface area contributed by atoms with E-state index in [0.29, 0.717) is 44.7 Å². The Morgan fingerprint density at radius 1 is 1.22 bits per heavy atom. The van der Waals surface area contributed by atoms with E-state index in [0.717, 1.165) is 34.9 Å². The second kappa shape index (κ2) is 8.76. The van der Waals surface area contributed by atoms with Crippen LogP contribution in [-0.4, -0.2) is 47.1 Å². The van der Waals surface area contributed by atoms with Gasteiger partial charge >= 0.3 is 5.69 Å². The van der Waals surface area contributed by atoms with Gasteiger partial charge in [0, 0.05) is 56.3 Å². The van der Waals surface area contributed by atoms with Crippen LogP contribution in [0, 0.1) is 26.7 Å². The van der Waals surface area contributed by atoms with Gasteiger partial charge < -0.3 is 9.42 Å². The van der Waals surface area contributed by atoms with Crippen molar-refractivity contribution in [1.82, 2.24) is 34.2 Å². The lowest BCUT2D eigenvalue weighted by Crippen LogP contribution is -2.33. The number of amides is 1. The molecule has 3 aromatic rings. The SMILES string of the molecule is CCn1cc(CN(C)C(=O)C2CCc3nn(Cc4c(C)noc4C)c(=O)n3CC2)c(C)n1. The Morgan fingerprint density at radius 2 is 2.00 bits per heavy atom. The molecule has 1 unspecified atom stereocenters. The van der Waals surface area contributed by atoms with Crippen LogP contribution in [0.5, 0.6) is 0 Å². The predicted octanol–water partition coefficient (Wildman–Crippen LogP) is 1.83. The number of nitrogens with zero attached hydrogens (tertiary/aromatic N) is 7. The average Bonchev–Trinajstić information content (AvgIpc) is 3.32. The lowest BCUT2D eigenvalue weighted by Gasteiger charge is -2.22. The topological polar surface area (TPSA) is 104 Å². The third-order valence-electron chi connectivity index (χ3n) is 6.41. The van der Waals surface area contributed by atoms with Crippen molar-refractivity contribution in [3.63, 3.8) is 0 Å². The predicted molar refractivity (Wildman–Crippen MR) is 117 cm³/mol. The molecule has 0 aliphatic carbocycles. The average molecular weight is 442 g/mol. The van der Waals surface area contributed by atoms with E-state index in [1.165, 1.54) is 4.68 Å². The van der Waals surface area contributed by atoms with Crippen molar-refractivity contribution in [1.29, 1.82) is 0 Å². The van der Waals surface area contributed by atoms with Crippen LogP contribution in [-0.2, 0) is 37.4 Å². The van der Waals surface area contributed by atoms with Crippen molar-refractivity contribution in [3.8, 4) is 0 Å². The molecule has 10 heteroatoms. The molecule has 10 nitrogen and oxygen atoms in total. The summed E-state index contributed by atoms with van der Waals surface area (Å²) >= 11 is 0. The molecule has 0 N–H and O–H groups in total. The smallest absolute Gasteiger partial charge is 0.346 e. The van der Waals surface area contributed by atoms with E-state index in [4.69, 9.17) is 4.52 Å². The molecule has 1 amide bonds. The van der Waals surface area contributed by atoms with Crippen molar-refractivity contribution in [3.05, 3.63) is 50.8 Å². The standard InChI is InChI=1S/C22H31N7O3/c1-6-27-12-18(14(2)23-27)11-26(5)21(30)17-7-8-20-24-29(22(31)28(20)10-9-17)13-19-15(3)25-32-16(19)4/h12,17H,6-11,13H2,1-5H3. The highest BCUT2D eigenvalue weighted by atomic mass is 16.5. The molecular formula is C22H31N7O3. The highest BCUT2D eigenvalue weighted by molar-refractivity contribution is 5.78. The number of carbonyl (C=O) groups excluding carboxylic acids is 1. The largest absolute Gasteiger partial charge is 0.361 e. The zero-order valence-electron chi connectivity index (χ0n) is 19.5. The Hall–Kier alpha value is -3.17. The molecule has 0 radical (unpaired) electrons. The maximum absolute atomic E-state index is 13.1. The van der Waals surface area contributed by atoms with Crippen LogP contribution in [0.25, 0.3) is 0 Å². The first kappa shape index (κ1) is 22.0. The number of hydrogen-bond donors (Lipinski definition) is 0. The quantitative estimate of drug-likeness (QED) is 0.578. The Morgan fingerprint density at radius 3 is 2.66 bits per heavy atom. The van der Waals surface area contributed by atoms with Crippen molar-refractivity contribution in [2.45, 2.75) is 73.1 Å². The van der Waals surface area contributed by atoms with Gasteiger partial charge in [-0.3, -0.25) is 14.0 Å². The molecule has 0 aromatic carbocycles. The van der Waals surface area contributed by atoms with Gasteiger partial charge in [0.05, 0.1) is 17.9 Å². The minimum Gasteiger partial charge on any atom is -0.361 e. The molecule has 172 valence electrons. The summed E-state index contributed by atoms with van der Waals surface area (Å²) in [4.78, 5) is 27.8. The number of hydrogen-bond acceptors (Lipinski definition) is 6. The highest BCUT2D eigenvalue weighted by Gasteiger charge is 2.28. The van der Waals surface area contributed by atoms with Crippen molar-refractivity contribution in [2.75, 3.05) is 7.05 Å². The molecule has 3 aromatic heterocycles. The van der Waals surface area contributed by atoms with Gasteiger partial charge in [-0.15, -0.1) is 0 Å². The first-order chi connectivity index (χ1) is 15.3. The minimum absolute atomic E-state index is 0.107. The number of rotatable bonds is 6. The fourth-order valence-electron chi connectivity index (χ4n) is 4.38. The lowest BCUT2D eigenvalue weighted by molar-refractivity contribution is -0.135. The maximum atomic E-state index is 13.1. The Bertz CT molecular complexity index is 1160. The summed E-state index contributed by atoms with van der Waals surface area (Å²) in [5.41, 5.74) is 3.52. The number of fused-ring (bicyclic) bond motifs is 1. The number of carbonyl (C=O) groups is 1. The van der Waals surface area contributed by atoms with Crippen LogP contribution in [0.4, 0.5) is 0 Å². The monoisotopic (exact) mass is 441 g/mol. The Labute approximate surface area is 186 Å². The van der Waals surface area contributed by atoms with Crippen molar-refractivity contribution in [2.24, 2.45) is 5.92 Å². The molecule has 0 saturated heterocycles. The van der Waals surface area contributed by atoms with Gasteiger partial charge in [0.25, 0.3) is 0 Å². The zero-order chi connectivity index (χ0) is 23.0. The van der Waals surface area contributed by atoms with Crippen LogP contribution in [0.3, 0.4) is 0 Å². The Kier molecular flexibility index (Phi) is 6.03. The van der Waals surface area contributed by atoms with Gasteiger partial charge in [-0.25, -0.2) is 9.48 Å². The van der Waals surface area contributed by atoms with E-state index in [1.807, 2.05) is 45.6 Å². The molecule has 0 saturated carbocycles. The van der Waals surface area contributed by atoms with Gasteiger partial charge in [0.15, 0.2) is 0 Å². The van der Waals surface area contributed by atoms with Gasteiger partial charge in [-0.05, 0) is 40.5 Å². The Balaban J connectivity index is 1.43.